The first-order valence-electron chi connectivity index (χ1n) is 7.14. The van der Waals surface area contributed by atoms with Crippen LogP contribution in [0.25, 0.3) is 0 Å². The third kappa shape index (κ3) is 8.55. The van der Waals surface area contributed by atoms with E-state index in [9.17, 15) is 0 Å². The van der Waals surface area contributed by atoms with Crippen molar-refractivity contribution in [3.05, 3.63) is 0 Å². The van der Waals surface area contributed by atoms with Crippen molar-refractivity contribution < 1.29 is 0 Å². The Labute approximate surface area is 106 Å². The number of rotatable bonds is 0. The molecule has 0 bridgehead atoms. The molecule has 0 amide bonds. The fourth-order valence-corrected chi connectivity index (χ4v) is 2.05. The molecule has 1 rings (SSSR count). The Hall–Kier alpha value is -0.160. The molecule has 2 atom stereocenters. The minimum Gasteiger partial charge on any atom is -0.315 e. The zero-order valence-electron chi connectivity index (χ0n) is 11.5. The van der Waals surface area contributed by atoms with Crippen molar-refractivity contribution in [1.29, 1.82) is 0 Å². The summed E-state index contributed by atoms with van der Waals surface area (Å²) in [4.78, 5) is 0. The van der Waals surface area contributed by atoms with E-state index >= 15 is 0 Å². The molecule has 1 heterocycles. The molecule has 1 aliphatic heterocycles. The van der Waals surface area contributed by atoms with Crippen LogP contribution in [0.5, 0.6) is 0 Å². The maximum atomic E-state index is 3.55. The van der Waals surface area contributed by atoms with Crippen LogP contribution in [0.1, 0.15) is 26.7 Å². The first-order valence-corrected chi connectivity index (χ1v) is 7.14. The highest BCUT2D eigenvalue weighted by molar-refractivity contribution is 4.66. The second-order valence-corrected chi connectivity index (χ2v) is 5.24. The predicted molar refractivity (Wildman–Crippen MR) is 74.5 cm³/mol. The van der Waals surface area contributed by atoms with E-state index in [2.05, 4.69) is 35.1 Å². The van der Waals surface area contributed by atoms with Gasteiger partial charge in [0.25, 0.3) is 0 Å². The van der Waals surface area contributed by atoms with Gasteiger partial charge in [0.2, 0.25) is 0 Å². The normalized spacial score (nSPS) is 31.4. The summed E-state index contributed by atoms with van der Waals surface area (Å²) in [6.07, 6.45) is 2.46. The van der Waals surface area contributed by atoms with Gasteiger partial charge in [0.1, 0.15) is 0 Å². The quantitative estimate of drug-likeness (QED) is 0.489. The Morgan fingerprint density at radius 2 is 1.35 bits per heavy atom. The van der Waals surface area contributed by atoms with E-state index in [-0.39, 0.29) is 0 Å². The van der Waals surface area contributed by atoms with E-state index in [1.54, 1.807) is 0 Å². The molecule has 0 radical (unpaired) electrons. The van der Waals surface area contributed by atoms with Crippen molar-refractivity contribution >= 4 is 0 Å². The highest BCUT2D eigenvalue weighted by atomic mass is 15.0. The molecule has 0 aromatic heterocycles. The van der Waals surface area contributed by atoms with Crippen LogP contribution >= 0.6 is 0 Å². The summed E-state index contributed by atoms with van der Waals surface area (Å²) in [7, 11) is 0. The fourth-order valence-electron chi connectivity index (χ4n) is 2.05. The first-order chi connectivity index (χ1) is 8.29. The van der Waals surface area contributed by atoms with E-state index < -0.39 is 0 Å². The van der Waals surface area contributed by atoms with Crippen molar-refractivity contribution in [1.82, 2.24) is 21.3 Å². The SMILES string of the molecule is CC1CCNCCNC(C)CCNCCNC1. The lowest BCUT2D eigenvalue weighted by Crippen LogP contribution is -2.36. The number of hydrogen-bond acceptors (Lipinski definition) is 4. The highest BCUT2D eigenvalue weighted by Gasteiger charge is 2.03. The van der Waals surface area contributed by atoms with Crippen LogP contribution in [-0.2, 0) is 0 Å². The van der Waals surface area contributed by atoms with Crippen LogP contribution in [-0.4, -0.2) is 51.9 Å². The van der Waals surface area contributed by atoms with E-state index in [1.807, 2.05) is 0 Å². The Kier molecular flexibility index (Phi) is 8.61. The summed E-state index contributed by atoms with van der Waals surface area (Å²) < 4.78 is 0. The van der Waals surface area contributed by atoms with Gasteiger partial charge in [-0.1, -0.05) is 6.92 Å². The standard InChI is InChI=1S/C13H30N4/c1-12-3-5-14-9-10-17-13(2)4-6-15-7-8-16-11-12/h12-17H,3-11H2,1-2H3. The first kappa shape index (κ1) is 14.9. The number of nitrogens with one attached hydrogen (secondary N) is 4. The summed E-state index contributed by atoms with van der Waals surface area (Å²) in [5.74, 6) is 0.763. The average Bonchev–Trinajstić information content (AvgIpc) is 2.32. The second-order valence-electron chi connectivity index (χ2n) is 5.24. The van der Waals surface area contributed by atoms with E-state index in [0.29, 0.717) is 6.04 Å². The summed E-state index contributed by atoms with van der Waals surface area (Å²) in [6.45, 7) is 12.3. The average molecular weight is 242 g/mol. The number of hydrogen-bond donors (Lipinski definition) is 4. The minimum atomic E-state index is 0.612. The van der Waals surface area contributed by atoms with Crippen molar-refractivity contribution in [2.45, 2.75) is 32.7 Å². The molecule has 1 aliphatic rings. The summed E-state index contributed by atoms with van der Waals surface area (Å²) in [6, 6.07) is 0.612. The molecular weight excluding hydrogens is 212 g/mol. The van der Waals surface area contributed by atoms with Crippen LogP contribution < -0.4 is 21.3 Å². The van der Waals surface area contributed by atoms with Gasteiger partial charge in [-0.15, -0.1) is 0 Å². The van der Waals surface area contributed by atoms with Gasteiger partial charge in [-0.3, -0.25) is 0 Å². The molecule has 0 spiro atoms. The predicted octanol–water partition coefficient (Wildman–Crippen LogP) is 0.163. The molecule has 4 N–H and O–H groups in total. The molecule has 17 heavy (non-hydrogen) atoms. The molecule has 2 unspecified atom stereocenters. The molecule has 0 aliphatic carbocycles. The zero-order valence-corrected chi connectivity index (χ0v) is 11.5. The largest absolute Gasteiger partial charge is 0.315 e. The lowest BCUT2D eigenvalue weighted by atomic mass is 10.1. The smallest absolute Gasteiger partial charge is 0.00792 e. The van der Waals surface area contributed by atoms with Crippen molar-refractivity contribution in [3.63, 3.8) is 0 Å². The molecule has 0 saturated carbocycles. The molecule has 4 heteroatoms. The third-order valence-electron chi connectivity index (χ3n) is 3.33. The Morgan fingerprint density at radius 1 is 0.706 bits per heavy atom. The van der Waals surface area contributed by atoms with E-state index in [1.165, 1.54) is 12.8 Å². The maximum absolute atomic E-state index is 3.55. The van der Waals surface area contributed by atoms with Gasteiger partial charge in [0, 0.05) is 32.2 Å². The van der Waals surface area contributed by atoms with E-state index in [0.717, 1.165) is 51.7 Å². The van der Waals surface area contributed by atoms with Gasteiger partial charge in [0.15, 0.2) is 0 Å². The maximum Gasteiger partial charge on any atom is 0.00792 e. The van der Waals surface area contributed by atoms with Gasteiger partial charge in [-0.25, -0.2) is 0 Å². The van der Waals surface area contributed by atoms with Crippen molar-refractivity contribution in [2.75, 3.05) is 45.8 Å². The van der Waals surface area contributed by atoms with Crippen molar-refractivity contribution in [2.24, 2.45) is 5.92 Å². The van der Waals surface area contributed by atoms with Crippen LogP contribution in [0.15, 0.2) is 0 Å². The van der Waals surface area contributed by atoms with Gasteiger partial charge >= 0.3 is 0 Å². The fraction of sp³-hybridized carbons (Fsp3) is 1.00. The lowest BCUT2D eigenvalue weighted by Gasteiger charge is -2.14. The summed E-state index contributed by atoms with van der Waals surface area (Å²) >= 11 is 0. The molecule has 4 nitrogen and oxygen atoms in total. The molecule has 1 fully saturated rings. The van der Waals surface area contributed by atoms with Crippen LogP contribution in [0.2, 0.25) is 0 Å². The summed E-state index contributed by atoms with van der Waals surface area (Å²) in [5.41, 5.74) is 0. The van der Waals surface area contributed by atoms with Crippen LogP contribution in [0.3, 0.4) is 0 Å². The molecule has 102 valence electrons. The third-order valence-corrected chi connectivity index (χ3v) is 3.33. The van der Waals surface area contributed by atoms with Gasteiger partial charge in [-0.05, 0) is 45.3 Å². The topological polar surface area (TPSA) is 48.1 Å². The van der Waals surface area contributed by atoms with Gasteiger partial charge < -0.3 is 21.3 Å². The molecule has 1 saturated heterocycles. The lowest BCUT2D eigenvalue weighted by molar-refractivity contribution is 0.460. The van der Waals surface area contributed by atoms with Gasteiger partial charge in [-0.2, -0.15) is 0 Å². The van der Waals surface area contributed by atoms with Crippen LogP contribution in [0, 0.1) is 5.92 Å². The Bertz CT molecular complexity index is 157. The molecule has 0 aromatic carbocycles. The Morgan fingerprint density at radius 3 is 2.18 bits per heavy atom. The zero-order chi connectivity index (χ0) is 12.3. The van der Waals surface area contributed by atoms with Crippen molar-refractivity contribution in [3.8, 4) is 0 Å². The minimum absolute atomic E-state index is 0.612. The second kappa shape index (κ2) is 9.83. The van der Waals surface area contributed by atoms with E-state index in [4.69, 9.17) is 0 Å². The molecular formula is C13H30N4. The summed E-state index contributed by atoms with van der Waals surface area (Å²) in [5, 5.41) is 14.0. The monoisotopic (exact) mass is 242 g/mol. The Balaban J connectivity index is 2.18. The van der Waals surface area contributed by atoms with Gasteiger partial charge in [0.05, 0.1) is 0 Å². The highest BCUT2D eigenvalue weighted by Crippen LogP contribution is 1.97. The van der Waals surface area contributed by atoms with Crippen LogP contribution in [0.4, 0.5) is 0 Å². The molecule has 0 aromatic rings.